The highest BCUT2D eigenvalue weighted by Crippen LogP contribution is 2.31. The van der Waals surface area contributed by atoms with Gasteiger partial charge in [0.2, 0.25) is 0 Å². The van der Waals surface area contributed by atoms with E-state index < -0.39 is 54.6 Å². The van der Waals surface area contributed by atoms with Crippen molar-refractivity contribution in [1.29, 1.82) is 0 Å². The van der Waals surface area contributed by atoms with Gasteiger partial charge < -0.3 is 35.4 Å². The van der Waals surface area contributed by atoms with Gasteiger partial charge in [-0.15, -0.1) is 0 Å². The highest BCUT2D eigenvalue weighted by atomic mass is 35.5. The van der Waals surface area contributed by atoms with Crippen LogP contribution in [0.3, 0.4) is 0 Å². The van der Waals surface area contributed by atoms with E-state index in [1.165, 1.54) is 6.20 Å². The number of hydrogen-bond acceptors (Lipinski definition) is 8. The van der Waals surface area contributed by atoms with Gasteiger partial charge in [-0.2, -0.15) is 0 Å². The smallest absolute Gasteiger partial charge is 0.335 e. The Morgan fingerprint density at radius 1 is 0.653 bits per heavy atom. The molecule has 49 heavy (non-hydrogen) atoms. The van der Waals surface area contributed by atoms with E-state index in [-0.39, 0.29) is 15.4 Å². The lowest BCUT2D eigenvalue weighted by Gasteiger charge is -2.18. The Bertz CT molecular complexity index is 1790. The van der Waals surface area contributed by atoms with E-state index in [0.717, 1.165) is 4.57 Å². The van der Waals surface area contributed by atoms with Crippen LogP contribution >= 0.6 is 23.2 Å². The predicted molar refractivity (Wildman–Crippen MR) is 181 cm³/mol. The molecule has 0 spiro atoms. The Morgan fingerprint density at radius 3 is 1.43 bits per heavy atom. The summed E-state index contributed by atoms with van der Waals surface area (Å²) in [5.41, 5.74) is 0.493. The quantitative estimate of drug-likeness (QED) is 0.142. The number of nitrogens with zero attached hydrogens (tertiary/aromatic N) is 1. The first-order valence-corrected chi connectivity index (χ1v) is 15.1. The van der Waals surface area contributed by atoms with Crippen molar-refractivity contribution in [3.05, 3.63) is 152 Å². The number of fused-ring (bicyclic) bond motifs is 1. The minimum Gasteiger partial charge on any atom is -0.478 e. The lowest BCUT2D eigenvalue weighted by Crippen LogP contribution is -2.35. The zero-order chi connectivity index (χ0) is 36.1. The Morgan fingerprint density at radius 2 is 1.08 bits per heavy atom. The van der Waals surface area contributed by atoms with Crippen LogP contribution in [0.15, 0.2) is 120 Å². The lowest BCUT2D eigenvalue weighted by molar-refractivity contribution is -0.0541. The maximum absolute atomic E-state index is 12.6. The number of hydrogen-bond donors (Lipinski definition) is 6. The van der Waals surface area contributed by atoms with Crippen molar-refractivity contribution in [3.63, 3.8) is 0 Å². The molecule has 2 heterocycles. The largest absolute Gasteiger partial charge is 0.478 e. The Balaban J connectivity index is 0.000000199. The molecule has 0 unspecified atom stereocenters. The fourth-order valence-electron chi connectivity index (χ4n) is 4.33. The summed E-state index contributed by atoms with van der Waals surface area (Å²) >= 11 is 12.0. The average molecular weight is 713 g/mol. The molecule has 0 aliphatic carbocycles. The molecule has 0 bridgehead atoms. The lowest BCUT2D eigenvalue weighted by atomic mass is 10.1. The maximum atomic E-state index is 12.6. The molecule has 6 rings (SSSR count). The fourth-order valence-corrected chi connectivity index (χ4v) is 4.74. The first-order valence-electron chi connectivity index (χ1n) is 14.3. The van der Waals surface area contributed by atoms with Crippen LogP contribution < -0.4 is 5.56 Å². The molecule has 1 fully saturated rings. The van der Waals surface area contributed by atoms with Crippen molar-refractivity contribution in [3.8, 4) is 0 Å². The summed E-state index contributed by atoms with van der Waals surface area (Å²) < 4.78 is 6.49. The summed E-state index contributed by atoms with van der Waals surface area (Å²) in [7, 11) is 0. The molecule has 0 amide bonds. The van der Waals surface area contributed by atoms with Crippen LogP contribution in [0.2, 0.25) is 10.0 Å². The third kappa shape index (κ3) is 10.5. The number of aliphatic hydroxyl groups is 3. The molecular weight excluding hydrogens is 681 g/mol. The molecule has 4 atom stereocenters. The molecule has 14 heteroatoms. The first kappa shape index (κ1) is 38.4. The van der Waals surface area contributed by atoms with E-state index in [2.05, 4.69) is 0 Å². The highest BCUT2D eigenvalue weighted by molar-refractivity contribution is 6.45. The molecule has 1 aliphatic rings. The van der Waals surface area contributed by atoms with E-state index in [9.17, 15) is 29.4 Å². The first-order chi connectivity index (χ1) is 23.4. The summed E-state index contributed by atoms with van der Waals surface area (Å²) in [5, 5.41) is 55.3. The van der Waals surface area contributed by atoms with Crippen molar-refractivity contribution >= 4 is 51.9 Å². The number of benzene rings is 4. The van der Waals surface area contributed by atoms with E-state index in [1.54, 1.807) is 109 Å². The summed E-state index contributed by atoms with van der Waals surface area (Å²) in [5.74, 6) is -2.64. The van der Waals surface area contributed by atoms with Crippen LogP contribution in [-0.4, -0.2) is 78.0 Å². The number of aliphatic hydroxyl groups excluding tert-OH is 3. The average Bonchev–Trinajstić information content (AvgIpc) is 3.40. The molecule has 6 N–H and O–H groups in total. The van der Waals surface area contributed by atoms with Crippen LogP contribution in [0, 0.1) is 0 Å². The van der Waals surface area contributed by atoms with E-state index >= 15 is 0 Å². The molecule has 1 aromatic heterocycles. The zero-order valence-corrected chi connectivity index (χ0v) is 26.9. The van der Waals surface area contributed by atoms with Crippen LogP contribution in [0.25, 0.3) is 10.8 Å². The monoisotopic (exact) mass is 711 g/mol. The molecule has 1 saturated heterocycles. The minimum absolute atomic E-state index is 0.116. The number of ether oxygens (including phenoxy) is 1. The van der Waals surface area contributed by atoms with Gasteiger partial charge in [-0.3, -0.25) is 9.36 Å². The Labute approximate surface area is 289 Å². The van der Waals surface area contributed by atoms with Gasteiger partial charge >= 0.3 is 17.9 Å². The maximum Gasteiger partial charge on any atom is 0.335 e. The topological polar surface area (TPSA) is 204 Å². The zero-order valence-electron chi connectivity index (χ0n) is 25.4. The molecule has 4 aromatic carbocycles. The van der Waals surface area contributed by atoms with Crippen molar-refractivity contribution < 1.29 is 49.8 Å². The third-order valence-corrected chi connectivity index (χ3v) is 7.65. The summed E-state index contributed by atoms with van der Waals surface area (Å²) in [4.78, 5) is 43.2. The molecule has 12 nitrogen and oxygen atoms in total. The van der Waals surface area contributed by atoms with Crippen molar-refractivity contribution in [2.75, 3.05) is 6.61 Å². The molecule has 256 valence electrons. The van der Waals surface area contributed by atoms with Gasteiger partial charge in [0, 0.05) is 6.20 Å². The van der Waals surface area contributed by atoms with E-state index in [0.29, 0.717) is 22.1 Å². The number of carboxylic acids is 3. The van der Waals surface area contributed by atoms with Gasteiger partial charge in [0.1, 0.15) is 18.3 Å². The van der Waals surface area contributed by atoms with Gasteiger partial charge in [0.15, 0.2) is 6.23 Å². The number of carbonyl (C=O) groups is 3. The summed E-state index contributed by atoms with van der Waals surface area (Å²) in [6, 6.07) is 29.8. The van der Waals surface area contributed by atoms with Crippen LogP contribution in [0.1, 0.15) is 37.3 Å². The third-order valence-electron chi connectivity index (χ3n) is 6.84. The molecular formula is C35H31Cl2NO11. The van der Waals surface area contributed by atoms with Gasteiger partial charge in [-0.25, -0.2) is 14.4 Å². The number of aromatic carboxylic acids is 3. The Kier molecular flexibility index (Phi) is 14.5. The second-order valence-corrected chi connectivity index (χ2v) is 10.9. The van der Waals surface area contributed by atoms with Crippen molar-refractivity contribution in [2.24, 2.45) is 0 Å². The highest BCUT2D eigenvalue weighted by Gasteiger charge is 2.43. The molecule has 1 aliphatic heterocycles. The molecule has 5 aromatic rings. The SMILES string of the molecule is O=C(O)c1ccccc1.O=C(O)c1ccccc1.O=C(O)c1ccccc1.O=c1c2c(Cl)c(Cl)ccc2ccn1[C@@H]1O[C@H](CO)[C@@H](O)[C@H]1O. The second kappa shape index (κ2) is 18.5. The second-order valence-electron chi connectivity index (χ2n) is 10.1. The van der Waals surface area contributed by atoms with Crippen molar-refractivity contribution in [1.82, 2.24) is 4.57 Å². The van der Waals surface area contributed by atoms with Crippen LogP contribution in [0.4, 0.5) is 0 Å². The number of pyridine rings is 1. The molecule has 0 radical (unpaired) electrons. The Hall–Kier alpha value is -5.08. The van der Waals surface area contributed by atoms with Gasteiger partial charge in [-0.05, 0) is 53.9 Å². The fraction of sp³-hybridized carbons (Fsp3) is 0.143. The normalized spacial score (nSPS) is 17.7. The van der Waals surface area contributed by atoms with Gasteiger partial charge in [0.05, 0.1) is 38.7 Å². The van der Waals surface area contributed by atoms with Crippen LogP contribution in [0.5, 0.6) is 0 Å². The van der Waals surface area contributed by atoms with E-state index in [1.807, 2.05) is 0 Å². The summed E-state index contributed by atoms with van der Waals surface area (Å²) in [6.45, 7) is -0.469. The van der Waals surface area contributed by atoms with Crippen molar-refractivity contribution in [2.45, 2.75) is 24.5 Å². The van der Waals surface area contributed by atoms with Gasteiger partial charge in [-0.1, -0.05) is 83.9 Å². The van der Waals surface area contributed by atoms with E-state index in [4.69, 9.17) is 48.4 Å². The number of aromatic nitrogens is 1. The number of carboxylic acid groups (broad SMARTS) is 3. The molecule has 0 saturated carbocycles. The standard InChI is InChI=1S/C14H13Cl2NO5.3C7H6O2/c15-7-2-1-6-3-4-17(13(21)9(6)10(7)16)14-12(20)11(19)8(5-18)22-14;3*8-7(9)6-4-2-1-3-5-6/h1-4,8,11-12,14,18-20H,5H2;3*1-5H,(H,8,9)/t8-,11-,12-,14-;;;/m1.../s1. The summed E-state index contributed by atoms with van der Waals surface area (Å²) in [6.07, 6.45) is -3.26. The van der Waals surface area contributed by atoms with Crippen LogP contribution in [-0.2, 0) is 4.74 Å². The number of rotatable bonds is 5. The predicted octanol–water partition coefficient (Wildman–Crippen LogP) is 5.07. The minimum atomic E-state index is -1.34. The van der Waals surface area contributed by atoms with Gasteiger partial charge in [0.25, 0.3) is 5.56 Å². The number of halogens is 2.